The van der Waals surface area contributed by atoms with E-state index in [2.05, 4.69) is 9.97 Å². The Morgan fingerprint density at radius 3 is 2.89 bits per heavy atom. The van der Waals surface area contributed by atoms with Gasteiger partial charge in [-0.3, -0.25) is 0 Å². The van der Waals surface area contributed by atoms with Gasteiger partial charge in [0.05, 0.1) is 17.4 Å². The third kappa shape index (κ3) is 2.30. The van der Waals surface area contributed by atoms with Crippen LogP contribution in [-0.4, -0.2) is 45.0 Å². The van der Waals surface area contributed by atoms with Crippen molar-refractivity contribution >= 4 is 5.82 Å². The van der Waals surface area contributed by atoms with Gasteiger partial charge in [0.15, 0.2) is 11.6 Å². The first kappa shape index (κ1) is 13.2. The predicted molar refractivity (Wildman–Crippen MR) is 64.8 cm³/mol. The first-order chi connectivity index (χ1) is 8.45. The van der Waals surface area contributed by atoms with Gasteiger partial charge in [0, 0.05) is 13.1 Å². The molecule has 1 aromatic rings. The van der Waals surface area contributed by atoms with Crippen molar-refractivity contribution in [1.82, 2.24) is 9.97 Å². The van der Waals surface area contributed by atoms with E-state index in [0.717, 1.165) is 0 Å². The molecule has 5 nitrogen and oxygen atoms in total. The minimum Gasteiger partial charge on any atom is -0.388 e. The minimum absolute atomic E-state index is 0.171. The fourth-order valence-corrected chi connectivity index (χ4v) is 2.08. The lowest BCUT2D eigenvalue weighted by molar-refractivity contribution is -0.0723. The van der Waals surface area contributed by atoms with Crippen LogP contribution in [-0.2, 0) is 6.42 Å². The smallest absolute Gasteiger partial charge is 0.187 e. The number of hydrogen-bond donors (Lipinski definition) is 2. The number of rotatable bonds is 2. The van der Waals surface area contributed by atoms with Crippen LogP contribution in [0.1, 0.15) is 26.0 Å². The van der Waals surface area contributed by atoms with E-state index in [4.69, 9.17) is 0 Å². The lowest BCUT2D eigenvalue weighted by atomic mass is 9.91. The Labute approximate surface area is 105 Å². The normalized spacial score (nSPS) is 28.5. The summed E-state index contributed by atoms with van der Waals surface area (Å²) in [5, 5.41) is 19.7. The first-order valence-corrected chi connectivity index (χ1v) is 6.10. The van der Waals surface area contributed by atoms with Crippen LogP contribution in [0.4, 0.5) is 10.2 Å². The third-order valence-corrected chi connectivity index (χ3v) is 3.48. The highest BCUT2D eigenvalue weighted by Gasteiger charge is 2.37. The molecule has 2 atom stereocenters. The van der Waals surface area contributed by atoms with Crippen LogP contribution >= 0.6 is 0 Å². The maximum atomic E-state index is 14.1. The molecule has 2 rings (SSSR count). The summed E-state index contributed by atoms with van der Waals surface area (Å²) in [5.74, 6) is -0.231. The number of anilines is 1. The maximum Gasteiger partial charge on any atom is 0.187 e. The molecular weight excluding hydrogens is 237 g/mol. The van der Waals surface area contributed by atoms with Crippen molar-refractivity contribution in [1.29, 1.82) is 0 Å². The second kappa shape index (κ2) is 4.78. The van der Waals surface area contributed by atoms with Gasteiger partial charge in [0.1, 0.15) is 6.33 Å². The van der Waals surface area contributed by atoms with E-state index in [0.29, 0.717) is 25.1 Å². The molecule has 1 aromatic heterocycles. The molecule has 0 bridgehead atoms. The highest BCUT2D eigenvalue weighted by molar-refractivity contribution is 5.42. The molecule has 0 aromatic carbocycles. The summed E-state index contributed by atoms with van der Waals surface area (Å²) in [4.78, 5) is 9.47. The molecule has 0 spiro atoms. The summed E-state index contributed by atoms with van der Waals surface area (Å²) >= 11 is 0. The highest BCUT2D eigenvalue weighted by atomic mass is 19.1. The summed E-state index contributed by atoms with van der Waals surface area (Å²) in [5.41, 5.74) is -0.750. The molecule has 18 heavy (non-hydrogen) atoms. The van der Waals surface area contributed by atoms with E-state index in [1.165, 1.54) is 6.33 Å². The van der Waals surface area contributed by atoms with E-state index in [1.54, 1.807) is 11.8 Å². The van der Waals surface area contributed by atoms with Crippen LogP contribution in [0.3, 0.4) is 0 Å². The molecule has 0 amide bonds. The molecule has 2 heterocycles. The van der Waals surface area contributed by atoms with Gasteiger partial charge in [-0.05, 0) is 19.8 Å². The number of aliphatic hydroxyl groups is 2. The van der Waals surface area contributed by atoms with Crippen molar-refractivity contribution in [2.24, 2.45) is 0 Å². The molecule has 6 heteroatoms. The fraction of sp³-hybridized carbons (Fsp3) is 0.667. The Balaban J connectivity index is 2.24. The van der Waals surface area contributed by atoms with Crippen molar-refractivity contribution in [3.8, 4) is 0 Å². The molecule has 0 saturated carbocycles. The van der Waals surface area contributed by atoms with Crippen LogP contribution in [0.2, 0.25) is 0 Å². The van der Waals surface area contributed by atoms with Crippen molar-refractivity contribution < 1.29 is 14.6 Å². The molecule has 1 saturated heterocycles. The van der Waals surface area contributed by atoms with Gasteiger partial charge in [0.2, 0.25) is 0 Å². The molecule has 1 aliphatic heterocycles. The molecule has 0 radical (unpaired) electrons. The van der Waals surface area contributed by atoms with Crippen LogP contribution in [0.5, 0.6) is 0 Å². The largest absolute Gasteiger partial charge is 0.388 e. The Morgan fingerprint density at radius 2 is 2.28 bits per heavy atom. The number of halogens is 1. The zero-order chi connectivity index (χ0) is 13.3. The first-order valence-electron chi connectivity index (χ1n) is 6.10. The van der Waals surface area contributed by atoms with E-state index in [1.807, 2.05) is 6.92 Å². The fourth-order valence-electron chi connectivity index (χ4n) is 2.08. The monoisotopic (exact) mass is 255 g/mol. The Morgan fingerprint density at radius 1 is 1.56 bits per heavy atom. The number of β-amino-alcohol motifs (C(OH)–C–C–N with tert-alkyl or cyclic N) is 1. The van der Waals surface area contributed by atoms with Crippen molar-refractivity contribution in [2.45, 2.75) is 38.4 Å². The molecule has 100 valence electrons. The number of nitrogens with zero attached hydrogens (tertiary/aromatic N) is 3. The number of hydrogen-bond acceptors (Lipinski definition) is 5. The number of aromatic nitrogens is 2. The second-order valence-corrected chi connectivity index (χ2v) is 4.88. The van der Waals surface area contributed by atoms with E-state index < -0.39 is 17.5 Å². The molecule has 1 aliphatic rings. The highest BCUT2D eigenvalue weighted by Crippen LogP contribution is 2.27. The van der Waals surface area contributed by atoms with E-state index in [9.17, 15) is 14.6 Å². The summed E-state index contributed by atoms with van der Waals surface area (Å²) < 4.78 is 14.1. The van der Waals surface area contributed by atoms with Gasteiger partial charge in [0.25, 0.3) is 0 Å². The van der Waals surface area contributed by atoms with Crippen LogP contribution < -0.4 is 4.90 Å². The number of aliphatic hydroxyl groups excluding tert-OH is 1. The quantitative estimate of drug-likeness (QED) is 0.805. The Hall–Kier alpha value is -1.27. The summed E-state index contributed by atoms with van der Waals surface area (Å²) in [6.45, 7) is 4.04. The molecular formula is C12H18FN3O2. The van der Waals surface area contributed by atoms with E-state index in [-0.39, 0.29) is 12.4 Å². The zero-order valence-electron chi connectivity index (χ0n) is 10.6. The summed E-state index contributed by atoms with van der Waals surface area (Å²) in [6, 6.07) is 0. The molecule has 1 fully saturated rings. The van der Waals surface area contributed by atoms with Gasteiger partial charge in [-0.1, -0.05) is 6.92 Å². The average Bonchev–Trinajstić information content (AvgIpc) is 2.33. The molecule has 0 aliphatic carbocycles. The lowest BCUT2D eigenvalue weighted by Gasteiger charge is -2.40. The SMILES string of the molecule is CCc1ncnc(N2CC[C@@](C)(O)[C@@H](O)C2)c1F. The predicted octanol–water partition coefficient (Wildman–Crippen LogP) is 0.500. The van der Waals surface area contributed by atoms with E-state index >= 15 is 0 Å². The van der Waals surface area contributed by atoms with Crippen molar-refractivity contribution in [3.05, 3.63) is 17.8 Å². The van der Waals surface area contributed by atoms with Gasteiger partial charge in [-0.2, -0.15) is 0 Å². The second-order valence-electron chi connectivity index (χ2n) is 4.88. The lowest BCUT2D eigenvalue weighted by Crippen LogP contribution is -2.54. The van der Waals surface area contributed by atoms with Crippen LogP contribution in [0.15, 0.2) is 6.33 Å². The number of aryl methyl sites for hydroxylation is 1. The Kier molecular flexibility index (Phi) is 3.49. The standard InChI is InChI=1S/C12H18FN3O2/c1-3-8-10(13)11(15-7-14-8)16-5-4-12(2,18)9(17)6-16/h7,9,17-18H,3-6H2,1-2H3/t9-,12+/m0/s1. The van der Waals surface area contributed by atoms with Gasteiger partial charge < -0.3 is 15.1 Å². The zero-order valence-corrected chi connectivity index (χ0v) is 10.6. The van der Waals surface area contributed by atoms with Crippen LogP contribution in [0.25, 0.3) is 0 Å². The maximum absolute atomic E-state index is 14.1. The van der Waals surface area contributed by atoms with Crippen molar-refractivity contribution in [2.75, 3.05) is 18.0 Å². The number of piperidine rings is 1. The topological polar surface area (TPSA) is 69.5 Å². The van der Waals surface area contributed by atoms with Gasteiger partial charge in [-0.25, -0.2) is 14.4 Å². The van der Waals surface area contributed by atoms with Crippen LogP contribution in [0, 0.1) is 5.82 Å². The van der Waals surface area contributed by atoms with Gasteiger partial charge in [-0.15, -0.1) is 0 Å². The Bertz CT molecular complexity index is 439. The molecule has 0 unspecified atom stereocenters. The summed E-state index contributed by atoms with van der Waals surface area (Å²) in [7, 11) is 0. The van der Waals surface area contributed by atoms with Gasteiger partial charge >= 0.3 is 0 Å². The average molecular weight is 255 g/mol. The third-order valence-electron chi connectivity index (χ3n) is 3.48. The van der Waals surface area contributed by atoms with Crippen molar-refractivity contribution in [3.63, 3.8) is 0 Å². The summed E-state index contributed by atoms with van der Waals surface area (Å²) in [6.07, 6.45) is 1.29. The minimum atomic E-state index is -1.12. The molecule has 2 N–H and O–H groups in total.